The Morgan fingerprint density at radius 3 is 2.35 bits per heavy atom. The van der Waals surface area contributed by atoms with E-state index in [1.54, 1.807) is 18.7 Å². The fraction of sp³-hybridized carbons (Fsp3) is 0.519. The van der Waals surface area contributed by atoms with Gasteiger partial charge in [0.1, 0.15) is 5.69 Å². The van der Waals surface area contributed by atoms with E-state index in [0.717, 1.165) is 11.3 Å². The van der Waals surface area contributed by atoms with Crippen molar-refractivity contribution in [3.63, 3.8) is 0 Å². The van der Waals surface area contributed by atoms with Crippen LogP contribution in [0.25, 0.3) is 0 Å². The summed E-state index contributed by atoms with van der Waals surface area (Å²) in [5, 5.41) is 12.2. The molecule has 0 unspecified atom stereocenters. The maximum Gasteiger partial charge on any atom is 0.326 e. The van der Waals surface area contributed by atoms with Gasteiger partial charge < -0.3 is 19.9 Å². The standard InChI is InChI=1S/C27H35F2N3O5/c1-16(2)20-7-5-6-8-22(20)32(19-11-9-18(10-12-19)26(33)34)27(35)30-21-13-14-24(37-17(3)4)31-25(21)36-15-23(28)29/h5-8,13-14,16-19,23H,9-12,15H2,1-4H3,(H,30,35)(H,33,34). The maximum atomic E-state index is 13.8. The fourth-order valence-corrected chi connectivity index (χ4v) is 4.50. The van der Waals surface area contributed by atoms with Crippen molar-refractivity contribution >= 4 is 23.4 Å². The molecule has 3 rings (SSSR count). The van der Waals surface area contributed by atoms with Crippen molar-refractivity contribution in [2.24, 2.45) is 5.92 Å². The molecule has 1 aromatic heterocycles. The minimum absolute atomic E-state index is 0.126. The van der Waals surface area contributed by atoms with Crippen molar-refractivity contribution in [2.75, 3.05) is 16.8 Å². The number of hydrogen-bond acceptors (Lipinski definition) is 5. The molecule has 1 saturated carbocycles. The predicted molar refractivity (Wildman–Crippen MR) is 137 cm³/mol. The Labute approximate surface area is 216 Å². The summed E-state index contributed by atoms with van der Waals surface area (Å²) in [4.78, 5) is 31.1. The molecule has 1 aliphatic carbocycles. The van der Waals surface area contributed by atoms with E-state index in [4.69, 9.17) is 9.47 Å². The topological polar surface area (TPSA) is 101 Å². The zero-order valence-corrected chi connectivity index (χ0v) is 21.6. The first-order valence-corrected chi connectivity index (χ1v) is 12.6. The smallest absolute Gasteiger partial charge is 0.326 e. The molecule has 10 heteroatoms. The molecule has 2 N–H and O–H groups in total. The molecule has 0 atom stereocenters. The molecule has 0 radical (unpaired) electrons. The van der Waals surface area contributed by atoms with Crippen LogP contribution in [0.15, 0.2) is 36.4 Å². The Morgan fingerprint density at radius 2 is 1.76 bits per heavy atom. The van der Waals surface area contributed by atoms with Gasteiger partial charge in [-0.2, -0.15) is 4.98 Å². The van der Waals surface area contributed by atoms with Crippen LogP contribution >= 0.6 is 0 Å². The second-order valence-electron chi connectivity index (χ2n) is 9.73. The lowest BCUT2D eigenvalue weighted by atomic mass is 9.85. The molecule has 0 spiro atoms. The van der Waals surface area contributed by atoms with Crippen molar-refractivity contribution in [2.45, 2.75) is 77.9 Å². The van der Waals surface area contributed by atoms with Crippen LogP contribution in [0.5, 0.6) is 11.8 Å². The van der Waals surface area contributed by atoms with Crippen molar-refractivity contribution < 1.29 is 33.0 Å². The van der Waals surface area contributed by atoms with Crippen LogP contribution in [-0.4, -0.2) is 47.3 Å². The molecule has 1 aromatic carbocycles. The van der Waals surface area contributed by atoms with Gasteiger partial charge in [0.25, 0.3) is 6.43 Å². The quantitative estimate of drug-likeness (QED) is 0.381. The number of anilines is 2. The van der Waals surface area contributed by atoms with Crippen LogP contribution in [0.2, 0.25) is 0 Å². The second-order valence-corrected chi connectivity index (χ2v) is 9.73. The number of carboxylic acid groups (broad SMARTS) is 1. The van der Waals surface area contributed by atoms with Crippen molar-refractivity contribution in [3.8, 4) is 11.8 Å². The van der Waals surface area contributed by atoms with E-state index in [-0.39, 0.29) is 35.5 Å². The number of hydrogen-bond donors (Lipinski definition) is 2. The summed E-state index contributed by atoms with van der Waals surface area (Å²) in [7, 11) is 0. The molecule has 1 heterocycles. The van der Waals surface area contributed by atoms with Crippen molar-refractivity contribution in [1.82, 2.24) is 4.98 Å². The fourth-order valence-electron chi connectivity index (χ4n) is 4.50. The minimum atomic E-state index is -2.72. The van der Waals surface area contributed by atoms with E-state index in [1.165, 1.54) is 12.1 Å². The summed E-state index contributed by atoms with van der Waals surface area (Å²) in [5.41, 5.74) is 1.82. The first kappa shape index (κ1) is 28.1. The Kier molecular flexibility index (Phi) is 9.66. The molecule has 2 amide bonds. The van der Waals surface area contributed by atoms with E-state index >= 15 is 0 Å². The second kappa shape index (κ2) is 12.7. The predicted octanol–water partition coefficient (Wildman–Crippen LogP) is 6.32. The van der Waals surface area contributed by atoms with Crippen LogP contribution in [0, 0.1) is 5.92 Å². The number of para-hydroxylation sites is 1. The van der Waals surface area contributed by atoms with Crippen molar-refractivity contribution in [1.29, 1.82) is 0 Å². The Bertz CT molecular complexity index is 1070. The van der Waals surface area contributed by atoms with Gasteiger partial charge in [0.2, 0.25) is 11.8 Å². The highest BCUT2D eigenvalue weighted by molar-refractivity contribution is 6.03. The Balaban J connectivity index is 1.95. The van der Waals surface area contributed by atoms with Crippen LogP contribution in [0.4, 0.5) is 25.0 Å². The maximum absolute atomic E-state index is 13.8. The number of rotatable bonds is 10. The number of ether oxygens (including phenoxy) is 2. The number of carboxylic acids is 1. The third kappa shape index (κ3) is 7.53. The third-order valence-electron chi connectivity index (χ3n) is 6.23. The lowest BCUT2D eigenvalue weighted by Crippen LogP contribution is -2.46. The molecule has 2 aromatic rings. The van der Waals surface area contributed by atoms with Crippen LogP contribution in [0.1, 0.15) is 64.9 Å². The van der Waals surface area contributed by atoms with Gasteiger partial charge in [-0.3, -0.25) is 9.69 Å². The molecular formula is C27H35F2N3O5. The molecule has 202 valence electrons. The van der Waals surface area contributed by atoms with Crippen LogP contribution in [-0.2, 0) is 4.79 Å². The highest BCUT2D eigenvalue weighted by atomic mass is 19.3. The number of pyridine rings is 1. The zero-order valence-electron chi connectivity index (χ0n) is 21.6. The largest absolute Gasteiger partial charge is 0.481 e. The molecule has 8 nitrogen and oxygen atoms in total. The summed E-state index contributed by atoms with van der Waals surface area (Å²) in [6.07, 6.45) is -0.965. The number of nitrogens with one attached hydrogen (secondary N) is 1. The van der Waals surface area contributed by atoms with Gasteiger partial charge in [0, 0.05) is 17.8 Å². The van der Waals surface area contributed by atoms with Gasteiger partial charge >= 0.3 is 12.0 Å². The monoisotopic (exact) mass is 519 g/mol. The molecular weight excluding hydrogens is 484 g/mol. The minimum Gasteiger partial charge on any atom is -0.481 e. The Hall–Kier alpha value is -3.43. The number of halogens is 2. The highest BCUT2D eigenvalue weighted by Gasteiger charge is 2.34. The van der Waals surface area contributed by atoms with Crippen LogP contribution < -0.4 is 19.7 Å². The normalized spacial score (nSPS) is 17.6. The summed E-state index contributed by atoms with van der Waals surface area (Å²) in [6.45, 7) is 6.79. The van der Waals surface area contributed by atoms with Gasteiger partial charge in [-0.1, -0.05) is 32.0 Å². The highest BCUT2D eigenvalue weighted by Crippen LogP contribution is 2.36. The number of aromatic nitrogens is 1. The first-order valence-electron chi connectivity index (χ1n) is 12.6. The number of aliphatic carboxylic acids is 1. The molecule has 0 aliphatic heterocycles. The number of amides is 2. The zero-order chi connectivity index (χ0) is 27.1. The average Bonchev–Trinajstić information content (AvgIpc) is 2.84. The number of urea groups is 1. The lowest BCUT2D eigenvalue weighted by Gasteiger charge is -2.37. The van der Waals surface area contributed by atoms with Gasteiger partial charge in [-0.05, 0) is 63.1 Å². The lowest BCUT2D eigenvalue weighted by molar-refractivity contribution is -0.142. The summed E-state index contributed by atoms with van der Waals surface area (Å²) in [6, 6.07) is 9.91. The van der Waals surface area contributed by atoms with E-state index in [1.807, 2.05) is 38.1 Å². The summed E-state index contributed by atoms with van der Waals surface area (Å²) >= 11 is 0. The van der Waals surface area contributed by atoms with E-state index in [0.29, 0.717) is 25.7 Å². The van der Waals surface area contributed by atoms with Crippen molar-refractivity contribution in [3.05, 3.63) is 42.0 Å². The van der Waals surface area contributed by atoms with Gasteiger partial charge in [-0.25, -0.2) is 13.6 Å². The molecule has 0 bridgehead atoms. The average molecular weight is 520 g/mol. The SMILES string of the molecule is CC(C)Oc1ccc(NC(=O)N(c2ccccc2C(C)C)C2CCC(C(=O)O)CC2)c(OCC(F)F)n1. The molecule has 37 heavy (non-hydrogen) atoms. The van der Waals surface area contributed by atoms with E-state index in [2.05, 4.69) is 10.3 Å². The molecule has 1 fully saturated rings. The molecule has 1 aliphatic rings. The number of alkyl halides is 2. The summed E-state index contributed by atoms with van der Waals surface area (Å²) in [5.74, 6) is -1.12. The third-order valence-corrected chi connectivity index (χ3v) is 6.23. The van der Waals surface area contributed by atoms with Gasteiger partial charge in [-0.15, -0.1) is 0 Å². The number of nitrogens with zero attached hydrogens (tertiary/aromatic N) is 2. The number of carbonyl (C=O) groups excluding carboxylic acids is 1. The number of carbonyl (C=O) groups is 2. The first-order chi connectivity index (χ1) is 17.6. The van der Waals surface area contributed by atoms with Gasteiger partial charge in [0.05, 0.1) is 12.0 Å². The van der Waals surface area contributed by atoms with Crippen LogP contribution in [0.3, 0.4) is 0 Å². The molecule has 0 saturated heterocycles. The number of benzene rings is 1. The van der Waals surface area contributed by atoms with E-state index in [9.17, 15) is 23.5 Å². The Morgan fingerprint density at radius 1 is 1.08 bits per heavy atom. The van der Waals surface area contributed by atoms with E-state index < -0.39 is 31.0 Å². The summed E-state index contributed by atoms with van der Waals surface area (Å²) < 4.78 is 36.6. The van der Waals surface area contributed by atoms with Gasteiger partial charge in [0.15, 0.2) is 6.61 Å².